The minimum atomic E-state index is -2.59. The lowest BCUT2D eigenvalue weighted by atomic mass is 10.2. The molecule has 0 saturated heterocycles. The third kappa shape index (κ3) is 1.55. The highest BCUT2D eigenvalue weighted by atomic mass is 32.2. The van der Waals surface area contributed by atoms with Crippen molar-refractivity contribution in [3.63, 3.8) is 0 Å². The Bertz CT molecular complexity index is 175. The Hall–Kier alpha value is -0.490. The van der Waals surface area contributed by atoms with E-state index >= 15 is 0 Å². The first-order chi connectivity index (χ1) is 3.50. The first-order valence-electron chi connectivity index (χ1n) is 1.98. The van der Waals surface area contributed by atoms with Crippen LogP contribution in [0.3, 0.4) is 0 Å². The van der Waals surface area contributed by atoms with Crippen molar-refractivity contribution in [2.24, 2.45) is 0 Å². The molecule has 0 amide bonds. The van der Waals surface area contributed by atoms with E-state index in [2.05, 4.69) is 6.92 Å². The number of hydrogen-bond donors (Lipinski definition) is 1. The van der Waals surface area contributed by atoms with Gasteiger partial charge in [-0.3, -0.25) is 0 Å². The average molecular weight is 131 g/mol. The van der Waals surface area contributed by atoms with Gasteiger partial charge >= 0.3 is 0 Å². The minimum Gasteiger partial charge on any atom is -0.230 e. The second-order valence-corrected chi connectivity index (χ2v) is 3.18. The molecule has 0 saturated carbocycles. The third-order valence-electron chi connectivity index (χ3n) is 0.714. The van der Waals surface area contributed by atoms with Gasteiger partial charge in [0.2, 0.25) is 0 Å². The van der Waals surface area contributed by atoms with E-state index in [-0.39, 0.29) is 0 Å². The Kier molecular flexibility index (Phi) is 2.05. The van der Waals surface area contributed by atoms with Crippen LogP contribution < -0.4 is 0 Å². The highest BCUT2D eigenvalue weighted by Gasteiger charge is 2.16. The van der Waals surface area contributed by atoms with Gasteiger partial charge in [-0.25, -0.2) is 8.42 Å². The van der Waals surface area contributed by atoms with E-state index in [9.17, 15) is 8.42 Å². The van der Waals surface area contributed by atoms with Gasteiger partial charge in [0.25, 0.3) is 0 Å². The summed E-state index contributed by atoms with van der Waals surface area (Å²) in [6, 6.07) is 0. The molecule has 1 atom stereocenters. The quantitative estimate of drug-likeness (QED) is 0.396. The van der Waals surface area contributed by atoms with Crippen molar-refractivity contribution in [3.05, 3.63) is 6.92 Å². The second-order valence-electron chi connectivity index (χ2n) is 1.68. The topological polar surface area (TPSA) is 34.1 Å². The van der Waals surface area contributed by atoms with Crippen molar-refractivity contribution in [3.8, 4) is 12.3 Å². The molecule has 0 bridgehead atoms. The van der Waals surface area contributed by atoms with Crippen LogP contribution in [-0.4, -0.2) is 13.2 Å². The minimum absolute atomic E-state index is 1.23. The van der Waals surface area contributed by atoms with Crippen LogP contribution in [0.1, 0.15) is 6.92 Å². The smallest absolute Gasteiger partial charge is 0.156 e. The first-order valence-corrected chi connectivity index (χ1v) is 3.16. The Morgan fingerprint density at radius 2 is 2.12 bits per heavy atom. The highest BCUT2D eigenvalue weighted by Crippen LogP contribution is 2.02. The summed E-state index contributed by atoms with van der Waals surface area (Å²) in [6.45, 7) is 4.63. The van der Waals surface area contributed by atoms with Crippen molar-refractivity contribution in [1.29, 1.82) is 0 Å². The summed E-state index contributed by atoms with van der Waals surface area (Å²) in [7, 11) is -2.59. The summed E-state index contributed by atoms with van der Waals surface area (Å²) in [5.41, 5.74) is 0. The van der Waals surface area contributed by atoms with Gasteiger partial charge in [-0.1, -0.05) is 5.92 Å². The maximum absolute atomic E-state index is 10.1. The molecule has 0 aliphatic carbocycles. The fourth-order valence-corrected chi connectivity index (χ4v) is 0.158. The lowest BCUT2D eigenvalue weighted by Gasteiger charge is -2.04. The van der Waals surface area contributed by atoms with Gasteiger partial charge in [0.15, 0.2) is 10.7 Å². The molecular formula is C5H7O2S. The van der Waals surface area contributed by atoms with Crippen molar-refractivity contribution in [2.45, 2.75) is 11.7 Å². The summed E-state index contributed by atoms with van der Waals surface area (Å²) in [5.74, 6) is 2.03. The van der Waals surface area contributed by atoms with Crippen LogP contribution >= 0.6 is 0 Å². The van der Waals surface area contributed by atoms with Crippen LogP contribution in [0.2, 0.25) is 0 Å². The number of hydrogen-bond acceptors (Lipinski definition) is 2. The summed E-state index contributed by atoms with van der Waals surface area (Å²) in [6.07, 6.45) is 4.81. The van der Waals surface area contributed by atoms with Gasteiger partial charge in [-0.15, -0.1) is 6.42 Å². The maximum atomic E-state index is 10.1. The van der Waals surface area contributed by atoms with Crippen molar-refractivity contribution >= 4 is 10.7 Å². The van der Waals surface area contributed by atoms with E-state index in [1.807, 2.05) is 5.92 Å². The molecule has 1 unspecified atom stereocenters. The normalized spacial score (nSPS) is 11.2. The van der Waals surface area contributed by atoms with Crippen molar-refractivity contribution in [1.82, 2.24) is 0 Å². The number of rotatable bonds is 1. The fraction of sp³-hybridized carbons (Fsp3) is 0.400. The molecule has 0 rings (SSSR count). The number of thiol groups is 1. The van der Waals surface area contributed by atoms with Crippen LogP contribution in [0.25, 0.3) is 0 Å². The zero-order chi connectivity index (χ0) is 6.78. The van der Waals surface area contributed by atoms with Gasteiger partial charge in [0, 0.05) is 0 Å². The van der Waals surface area contributed by atoms with Gasteiger partial charge in [-0.2, -0.15) is 0 Å². The molecule has 0 N–H and O–H groups in total. The predicted octanol–water partition coefficient (Wildman–Crippen LogP) is -0.176. The Morgan fingerprint density at radius 3 is 2.12 bits per heavy atom. The molecule has 1 radical (unpaired) electrons. The van der Waals surface area contributed by atoms with Gasteiger partial charge in [0.05, 0.1) is 0 Å². The summed E-state index contributed by atoms with van der Waals surface area (Å²) in [4.78, 5) is 0. The predicted molar refractivity (Wildman–Crippen MR) is 32.9 cm³/mol. The van der Waals surface area contributed by atoms with E-state index in [0.29, 0.717) is 0 Å². The van der Waals surface area contributed by atoms with E-state index in [4.69, 9.17) is 6.42 Å². The van der Waals surface area contributed by atoms with Gasteiger partial charge < -0.3 is 0 Å². The molecule has 0 heterocycles. The molecule has 8 heavy (non-hydrogen) atoms. The molecule has 2 nitrogen and oxygen atoms in total. The zero-order valence-electron chi connectivity index (χ0n) is 4.55. The third-order valence-corrected chi connectivity index (χ3v) is 1.65. The Morgan fingerprint density at radius 1 is 1.75 bits per heavy atom. The maximum Gasteiger partial charge on any atom is 0.156 e. The summed E-state index contributed by atoms with van der Waals surface area (Å²) in [5, 5.41) is 0. The van der Waals surface area contributed by atoms with Crippen molar-refractivity contribution in [2.75, 3.05) is 0 Å². The monoisotopic (exact) mass is 131 g/mol. The molecule has 0 aromatic rings. The first kappa shape index (κ1) is 7.51. The van der Waals surface area contributed by atoms with Crippen LogP contribution in [0.15, 0.2) is 0 Å². The van der Waals surface area contributed by atoms with E-state index < -0.39 is 15.5 Å². The van der Waals surface area contributed by atoms with E-state index in [1.54, 1.807) is 0 Å². The van der Waals surface area contributed by atoms with Gasteiger partial charge in [-0.05, 0) is 13.8 Å². The van der Waals surface area contributed by atoms with Crippen LogP contribution in [-0.2, 0) is 10.7 Å². The molecule has 0 spiro atoms. The molecule has 0 aromatic carbocycles. The zero-order valence-corrected chi connectivity index (χ0v) is 5.44. The fourth-order valence-electron chi connectivity index (χ4n) is 0.0527. The lowest BCUT2D eigenvalue weighted by molar-refractivity contribution is 0.602. The molecule has 0 aliphatic heterocycles. The standard InChI is InChI=1S/C5H7O2S/c1-4-5(2,3)8(6)7/h1,8H,2H2,3H3. The van der Waals surface area contributed by atoms with Crippen LogP contribution in [0.5, 0.6) is 0 Å². The molecule has 0 fully saturated rings. The Labute approximate surface area is 50.9 Å². The largest absolute Gasteiger partial charge is 0.230 e. The molecular weight excluding hydrogens is 124 g/mol. The average Bonchev–Trinajstić information content (AvgIpc) is 1.67. The van der Waals surface area contributed by atoms with Crippen molar-refractivity contribution < 1.29 is 8.42 Å². The molecule has 45 valence electrons. The van der Waals surface area contributed by atoms with E-state index in [1.165, 1.54) is 6.92 Å². The Balaban J connectivity index is 4.45. The number of terminal acetylenes is 1. The van der Waals surface area contributed by atoms with E-state index in [0.717, 1.165) is 0 Å². The molecule has 0 aromatic heterocycles. The highest BCUT2D eigenvalue weighted by molar-refractivity contribution is 7.74. The SMILES string of the molecule is C#CC([CH2])(C)[SH](=O)=O. The molecule has 0 aliphatic rings. The molecule has 3 heteroatoms. The van der Waals surface area contributed by atoms with Crippen LogP contribution in [0.4, 0.5) is 0 Å². The van der Waals surface area contributed by atoms with Crippen LogP contribution in [0, 0.1) is 19.3 Å². The lowest BCUT2D eigenvalue weighted by Crippen LogP contribution is -2.18. The van der Waals surface area contributed by atoms with Gasteiger partial charge in [0.1, 0.15) is 4.75 Å². The second kappa shape index (κ2) is 2.19. The summed E-state index contributed by atoms with van der Waals surface area (Å²) >= 11 is 0. The summed E-state index contributed by atoms with van der Waals surface area (Å²) < 4.78 is 18.9.